The second-order valence-electron chi connectivity index (χ2n) is 3.07. The van der Waals surface area contributed by atoms with Gasteiger partial charge in [0.2, 0.25) is 0 Å². The zero-order valence-corrected chi connectivity index (χ0v) is 10.4. The maximum absolute atomic E-state index is 5.48. The number of pyridine rings is 1. The Morgan fingerprint density at radius 1 is 1.40 bits per heavy atom. The van der Waals surface area contributed by atoms with Gasteiger partial charge in [-0.3, -0.25) is 4.98 Å². The second kappa shape index (κ2) is 4.83. The molecule has 0 spiro atoms. The van der Waals surface area contributed by atoms with Crippen LogP contribution in [0.5, 0.6) is 0 Å². The average molecular weight is 284 g/mol. The largest absolute Gasteiger partial charge is 0.330 e. The number of thiazole rings is 1. The summed E-state index contributed by atoms with van der Waals surface area (Å²) in [5, 5.41) is 3.04. The summed E-state index contributed by atoms with van der Waals surface area (Å²) in [4.78, 5) is 8.60. The highest BCUT2D eigenvalue weighted by molar-refractivity contribution is 9.10. The third-order valence-electron chi connectivity index (χ3n) is 1.90. The van der Waals surface area contributed by atoms with Gasteiger partial charge in [0.15, 0.2) is 0 Å². The molecular formula is C10H10BrN3S. The molecule has 2 rings (SSSR count). The molecule has 2 heterocycles. The molecule has 0 aliphatic rings. The molecular weight excluding hydrogens is 274 g/mol. The Morgan fingerprint density at radius 2 is 2.27 bits per heavy atom. The highest BCUT2D eigenvalue weighted by atomic mass is 79.9. The SMILES string of the molecule is NCCc1csc(-c2cncc(Br)c2)n1. The van der Waals surface area contributed by atoms with E-state index in [1.807, 2.05) is 17.6 Å². The van der Waals surface area contributed by atoms with E-state index in [-0.39, 0.29) is 0 Å². The lowest BCUT2D eigenvalue weighted by atomic mass is 10.3. The van der Waals surface area contributed by atoms with E-state index < -0.39 is 0 Å². The van der Waals surface area contributed by atoms with E-state index in [1.165, 1.54) is 0 Å². The van der Waals surface area contributed by atoms with E-state index in [0.717, 1.165) is 27.2 Å². The van der Waals surface area contributed by atoms with Gasteiger partial charge >= 0.3 is 0 Å². The van der Waals surface area contributed by atoms with Crippen molar-refractivity contribution < 1.29 is 0 Å². The van der Waals surface area contributed by atoms with Crippen LogP contribution in [0.3, 0.4) is 0 Å². The number of rotatable bonds is 3. The molecule has 0 aromatic carbocycles. The summed E-state index contributed by atoms with van der Waals surface area (Å²) >= 11 is 5.02. The molecule has 0 radical (unpaired) electrons. The van der Waals surface area contributed by atoms with E-state index in [2.05, 4.69) is 25.9 Å². The van der Waals surface area contributed by atoms with Crippen LogP contribution in [0.1, 0.15) is 5.69 Å². The van der Waals surface area contributed by atoms with Gasteiger partial charge in [0.1, 0.15) is 5.01 Å². The van der Waals surface area contributed by atoms with Gasteiger partial charge in [-0.15, -0.1) is 11.3 Å². The zero-order valence-electron chi connectivity index (χ0n) is 7.98. The Labute approximate surface area is 101 Å². The van der Waals surface area contributed by atoms with Crippen molar-refractivity contribution in [3.8, 4) is 10.6 Å². The molecule has 0 saturated heterocycles. The Hall–Kier alpha value is -0.780. The summed E-state index contributed by atoms with van der Waals surface area (Å²) in [5.41, 5.74) is 7.57. The van der Waals surface area contributed by atoms with Crippen LogP contribution in [0.15, 0.2) is 28.3 Å². The van der Waals surface area contributed by atoms with E-state index in [0.29, 0.717) is 6.54 Å². The van der Waals surface area contributed by atoms with E-state index in [9.17, 15) is 0 Å². The number of nitrogens with two attached hydrogens (primary N) is 1. The molecule has 2 N–H and O–H groups in total. The molecule has 0 fully saturated rings. The van der Waals surface area contributed by atoms with Crippen LogP contribution in [0.4, 0.5) is 0 Å². The highest BCUT2D eigenvalue weighted by Crippen LogP contribution is 2.25. The Bertz CT molecular complexity index is 455. The first-order valence-corrected chi connectivity index (χ1v) is 6.22. The van der Waals surface area contributed by atoms with Crippen LogP contribution in [-0.2, 0) is 6.42 Å². The predicted octanol–water partition coefficient (Wildman–Crippen LogP) is 2.47. The van der Waals surface area contributed by atoms with Crippen molar-refractivity contribution >= 4 is 27.3 Å². The molecule has 15 heavy (non-hydrogen) atoms. The van der Waals surface area contributed by atoms with Crippen LogP contribution in [-0.4, -0.2) is 16.5 Å². The minimum atomic E-state index is 0.639. The van der Waals surface area contributed by atoms with Gasteiger partial charge in [-0.1, -0.05) is 0 Å². The van der Waals surface area contributed by atoms with E-state index in [1.54, 1.807) is 17.5 Å². The summed E-state index contributed by atoms with van der Waals surface area (Å²) < 4.78 is 0.968. The van der Waals surface area contributed by atoms with Crippen molar-refractivity contribution in [3.05, 3.63) is 34.0 Å². The molecule has 0 amide bonds. The number of nitrogens with zero attached hydrogens (tertiary/aromatic N) is 2. The van der Waals surface area contributed by atoms with Gasteiger partial charge in [-0.2, -0.15) is 0 Å². The van der Waals surface area contributed by atoms with E-state index >= 15 is 0 Å². The molecule has 78 valence electrons. The molecule has 0 aliphatic carbocycles. The lowest BCUT2D eigenvalue weighted by Gasteiger charge is -1.95. The molecule has 2 aromatic rings. The predicted molar refractivity (Wildman–Crippen MR) is 65.8 cm³/mol. The van der Waals surface area contributed by atoms with Gasteiger partial charge in [-0.05, 0) is 28.5 Å². The molecule has 3 nitrogen and oxygen atoms in total. The third kappa shape index (κ3) is 2.62. The van der Waals surface area contributed by atoms with Crippen molar-refractivity contribution in [3.63, 3.8) is 0 Å². The summed E-state index contributed by atoms with van der Waals surface area (Å²) in [7, 11) is 0. The van der Waals surface area contributed by atoms with Crippen LogP contribution in [0.25, 0.3) is 10.6 Å². The lowest BCUT2D eigenvalue weighted by Crippen LogP contribution is -2.02. The zero-order chi connectivity index (χ0) is 10.7. The minimum Gasteiger partial charge on any atom is -0.330 e. The van der Waals surface area contributed by atoms with Gasteiger partial charge < -0.3 is 5.73 Å². The summed E-state index contributed by atoms with van der Waals surface area (Å²) in [5.74, 6) is 0. The summed E-state index contributed by atoms with van der Waals surface area (Å²) in [6, 6.07) is 2.01. The molecule has 0 saturated carbocycles. The van der Waals surface area contributed by atoms with Crippen molar-refractivity contribution in [1.29, 1.82) is 0 Å². The quantitative estimate of drug-likeness (QED) is 0.942. The van der Waals surface area contributed by atoms with E-state index in [4.69, 9.17) is 5.73 Å². The molecule has 0 atom stereocenters. The fourth-order valence-corrected chi connectivity index (χ4v) is 2.43. The fourth-order valence-electron chi connectivity index (χ4n) is 1.23. The summed E-state index contributed by atoms with van der Waals surface area (Å²) in [6.07, 6.45) is 4.41. The van der Waals surface area contributed by atoms with Crippen molar-refractivity contribution in [2.75, 3.05) is 6.54 Å². The number of aromatic nitrogens is 2. The number of halogens is 1. The monoisotopic (exact) mass is 283 g/mol. The van der Waals surface area contributed by atoms with Crippen LogP contribution >= 0.6 is 27.3 Å². The first-order chi connectivity index (χ1) is 7.29. The van der Waals surface area contributed by atoms with Crippen LogP contribution in [0, 0.1) is 0 Å². The molecule has 0 unspecified atom stereocenters. The standard InChI is InChI=1S/C10H10BrN3S/c11-8-3-7(4-13-5-8)10-14-9(1-2-12)6-15-10/h3-6H,1-2,12H2. The number of hydrogen-bond donors (Lipinski definition) is 1. The summed E-state index contributed by atoms with van der Waals surface area (Å²) in [6.45, 7) is 0.639. The Kier molecular flexibility index (Phi) is 3.45. The highest BCUT2D eigenvalue weighted by Gasteiger charge is 2.04. The topological polar surface area (TPSA) is 51.8 Å². The lowest BCUT2D eigenvalue weighted by molar-refractivity contribution is 0.936. The van der Waals surface area contributed by atoms with Crippen LogP contribution in [0.2, 0.25) is 0 Å². The number of hydrogen-bond acceptors (Lipinski definition) is 4. The van der Waals surface area contributed by atoms with Crippen LogP contribution < -0.4 is 5.73 Å². The first-order valence-electron chi connectivity index (χ1n) is 4.55. The van der Waals surface area contributed by atoms with Gasteiger partial charge in [0, 0.05) is 34.2 Å². The molecule has 0 aliphatic heterocycles. The van der Waals surface area contributed by atoms with Crippen molar-refractivity contribution in [1.82, 2.24) is 9.97 Å². The molecule has 5 heteroatoms. The third-order valence-corrected chi connectivity index (χ3v) is 3.28. The van der Waals surface area contributed by atoms with Gasteiger partial charge in [0.25, 0.3) is 0 Å². The fraction of sp³-hybridized carbons (Fsp3) is 0.200. The maximum atomic E-state index is 5.48. The molecule has 2 aromatic heterocycles. The Balaban J connectivity index is 2.29. The molecule has 0 bridgehead atoms. The van der Waals surface area contributed by atoms with Crippen molar-refractivity contribution in [2.24, 2.45) is 5.73 Å². The Morgan fingerprint density at radius 3 is 3.00 bits per heavy atom. The van der Waals surface area contributed by atoms with Gasteiger partial charge in [-0.25, -0.2) is 4.98 Å². The van der Waals surface area contributed by atoms with Crippen molar-refractivity contribution in [2.45, 2.75) is 6.42 Å². The second-order valence-corrected chi connectivity index (χ2v) is 4.85. The average Bonchev–Trinajstić information content (AvgIpc) is 2.67. The smallest absolute Gasteiger partial charge is 0.125 e. The normalized spacial score (nSPS) is 10.5. The minimum absolute atomic E-state index is 0.639. The first kappa shape index (κ1) is 10.7. The maximum Gasteiger partial charge on any atom is 0.125 e. The van der Waals surface area contributed by atoms with Gasteiger partial charge in [0.05, 0.1) is 5.69 Å².